The fourth-order valence-electron chi connectivity index (χ4n) is 4.46. The van der Waals surface area contributed by atoms with Crippen LogP contribution < -0.4 is 25.4 Å². The van der Waals surface area contributed by atoms with Crippen LogP contribution in [0.1, 0.15) is 32.1 Å². The van der Waals surface area contributed by atoms with Crippen molar-refractivity contribution >= 4 is 12.2 Å². The second kappa shape index (κ2) is 10.1. The molecule has 1 aliphatic heterocycles. The van der Waals surface area contributed by atoms with Gasteiger partial charge in [-0.3, -0.25) is 9.67 Å². The standard InChI is InChI=1S/C24H31N7O2/c1-31-12-10-22(30-31)29-24-20-14-18(6-8-21(20)27-16-28-24)33-23-9-7-19(15-26-23)32-13-11-25-17-4-2-3-5-17/h6-10,12,15-18,21,25H,2-5,11,13-14H2,1H3,(H,27,28)(H,29,30). The van der Waals surface area contributed by atoms with E-state index >= 15 is 0 Å². The summed E-state index contributed by atoms with van der Waals surface area (Å²) in [6, 6.07) is 6.36. The molecule has 174 valence electrons. The number of rotatable bonds is 9. The van der Waals surface area contributed by atoms with Crippen molar-refractivity contribution in [3.05, 3.63) is 54.1 Å². The predicted octanol–water partition coefficient (Wildman–Crippen LogP) is 2.76. The Morgan fingerprint density at radius 1 is 1.18 bits per heavy atom. The molecule has 33 heavy (non-hydrogen) atoms. The highest BCUT2D eigenvalue weighted by Crippen LogP contribution is 2.28. The first-order valence-corrected chi connectivity index (χ1v) is 11.7. The number of nitrogens with zero attached hydrogens (tertiary/aromatic N) is 4. The molecular weight excluding hydrogens is 418 g/mol. The number of fused-ring (bicyclic) bond motifs is 1. The molecular formula is C24H31N7O2. The molecule has 2 aromatic rings. The monoisotopic (exact) mass is 449 g/mol. The number of nitrogens with one attached hydrogen (secondary N) is 3. The van der Waals surface area contributed by atoms with Crippen molar-refractivity contribution in [1.82, 2.24) is 25.4 Å². The Balaban J connectivity index is 1.15. The molecule has 0 aromatic carbocycles. The van der Waals surface area contributed by atoms with Gasteiger partial charge in [-0.05, 0) is 25.0 Å². The van der Waals surface area contributed by atoms with Gasteiger partial charge in [0.1, 0.15) is 24.3 Å². The zero-order valence-electron chi connectivity index (χ0n) is 18.9. The maximum atomic E-state index is 6.13. The highest BCUT2D eigenvalue weighted by atomic mass is 16.5. The molecule has 0 spiro atoms. The minimum Gasteiger partial charge on any atom is -0.491 e. The van der Waals surface area contributed by atoms with E-state index in [1.165, 1.54) is 25.7 Å². The Morgan fingerprint density at radius 3 is 2.88 bits per heavy atom. The maximum Gasteiger partial charge on any atom is 0.214 e. The molecule has 2 aliphatic carbocycles. The molecule has 1 fully saturated rings. The third-order valence-corrected chi connectivity index (χ3v) is 6.16. The topological polar surface area (TPSA) is 97.6 Å². The van der Waals surface area contributed by atoms with Crippen LogP contribution in [-0.2, 0) is 7.05 Å². The Labute approximate surface area is 194 Å². The van der Waals surface area contributed by atoms with Crippen LogP contribution in [0.2, 0.25) is 0 Å². The smallest absolute Gasteiger partial charge is 0.214 e. The second-order valence-electron chi connectivity index (χ2n) is 8.63. The third-order valence-electron chi connectivity index (χ3n) is 6.16. The molecule has 2 atom stereocenters. The average molecular weight is 450 g/mol. The fourth-order valence-corrected chi connectivity index (χ4v) is 4.46. The lowest BCUT2D eigenvalue weighted by Crippen LogP contribution is -2.34. The molecule has 9 nitrogen and oxygen atoms in total. The average Bonchev–Trinajstić information content (AvgIpc) is 3.50. The molecule has 0 radical (unpaired) electrons. The Morgan fingerprint density at radius 2 is 2.09 bits per heavy atom. The van der Waals surface area contributed by atoms with E-state index in [0.717, 1.165) is 29.5 Å². The predicted molar refractivity (Wildman–Crippen MR) is 127 cm³/mol. The molecule has 0 bridgehead atoms. The fraction of sp³-hybridized carbons (Fsp3) is 0.458. The summed E-state index contributed by atoms with van der Waals surface area (Å²) in [5.74, 6) is 3.01. The summed E-state index contributed by atoms with van der Waals surface area (Å²) in [4.78, 5) is 8.95. The summed E-state index contributed by atoms with van der Waals surface area (Å²) in [6.45, 7) is 1.50. The number of anilines is 1. The van der Waals surface area contributed by atoms with Gasteiger partial charge >= 0.3 is 0 Å². The van der Waals surface area contributed by atoms with Gasteiger partial charge in [0.25, 0.3) is 0 Å². The van der Waals surface area contributed by atoms with Crippen LogP contribution >= 0.6 is 0 Å². The van der Waals surface area contributed by atoms with Gasteiger partial charge in [-0.2, -0.15) is 5.10 Å². The highest BCUT2D eigenvalue weighted by molar-refractivity contribution is 5.64. The first-order valence-electron chi connectivity index (χ1n) is 11.7. The van der Waals surface area contributed by atoms with E-state index in [9.17, 15) is 0 Å². The van der Waals surface area contributed by atoms with E-state index in [2.05, 4.69) is 43.2 Å². The van der Waals surface area contributed by atoms with Crippen LogP contribution in [0.4, 0.5) is 5.82 Å². The summed E-state index contributed by atoms with van der Waals surface area (Å²) in [7, 11) is 1.89. The van der Waals surface area contributed by atoms with Crippen molar-refractivity contribution in [2.45, 2.75) is 50.3 Å². The summed E-state index contributed by atoms with van der Waals surface area (Å²) < 4.78 is 13.7. The zero-order valence-corrected chi connectivity index (χ0v) is 18.9. The van der Waals surface area contributed by atoms with Crippen molar-refractivity contribution < 1.29 is 9.47 Å². The lowest BCUT2D eigenvalue weighted by atomic mass is 9.93. The summed E-state index contributed by atoms with van der Waals surface area (Å²) in [5, 5.41) is 14.5. The molecule has 0 amide bonds. The lowest BCUT2D eigenvalue weighted by molar-refractivity contribution is 0.232. The highest BCUT2D eigenvalue weighted by Gasteiger charge is 2.27. The van der Waals surface area contributed by atoms with E-state index in [1.807, 2.05) is 31.4 Å². The largest absolute Gasteiger partial charge is 0.491 e. The number of pyridine rings is 1. The number of aliphatic imine (C=N–C) groups is 1. The van der Waals surface area contributed by atoms with Gasteiger partial charge in [-0.25, -0.2) is 4.98 Å². The Kier molecular flexibility index (Phi) is 6.57. The number of aromatic nitrogens is 3. The van der Waals surface area contributed by atoms with Crippen LogP contribution in [0.25, 0.3) is 0 Å². The van der Waals surface area contributed by atoms with Crippen LogP contribution in [0.3, 0.4) is 0 Å². The Hall–Kier alpha value is -3.33. The summed E-state index contributed by atoms with van der Waals surface area (Å²) in [6.07, 6.45) is 15.3. The van der Waals surface area contributed by atoms with Crippen molar-refractivity contribution in [1.29, 1.82) is 0 Å². The molecule has 5 rings (SSSR count). The third kappa shape index (κ3) is 5.54. The van der Waals surface area contributed by atoms with E-state index < -0.39 is 0 Å². The van der Waals surface area contributed by atoms with E-state index in [4.69, 9.17) is 9.47 Å². The second-order valence-corrected chi connectivity index (χ2v) is 8.63. The van der Waals surface area contributed by atoms with Gasteiger partial charge in [0.05, 0.1) is 18.6 Å². The molecule has 9 heteroatoms. The van der Waals surface area contributed by atoms with Gasteiger partial charge in [0.15, 0.2) is 5.82 Å². The maximum absolute atomic E-state index is 6.13. The molecule has 3 aliphatic rings. The molecule has 1 saturated carbocycles. The first kappa shape index (κ1) is 21.5. The lowest BCUT2D eigenvalue weighted by Gasteiger charge is -2.29. The minimum atomic E-state index is -0.123. The van der Waals surface area contributed by atoms with Crippen LogP contribution in [0, 0.1) is 0 Å². The van der Waals surface area contributed by atoms with E-state index in [0.29, 0.717) is 24.9 Å². The van der Waals surface area contributed by atoms with Gasteiger partial charge in [-0.15, -0.1) is 0 Å². The minimum absolute atomic E-state index is 0.00103. The van der Waals surface area contributed by atoms with Crippen molar-refractivity contribution in [2.75, 3.05) is 18.5 Å². The number of ether oxygens (including phenoxy) is 2. The first-order chi connectivity index (χ1) is 16.2. The molecule has 3 N–H and O–H groups in total. The van der Waals surface area contributed by atoms with Crippen LogP contribution in [0.15, 0.2) is 59.1 Å². The molecule has 0 saturated heterocycles. The summed E-state index contributed by atoms with van der Waals surface area (Å²) >= 11 is 0. The van der Waals surface area contributed by atoms with Crippen LogP contribution in [0.5, 0.6) is 11.6 Å². The molecule has 2 unspecified atom stereocenters. The molecule has 2 aromatic heterocycles. The van der Waals surface area contributed by atoms with Gasteiger partial charge < -0.3 is 25.4 Å². The van der Waals surface area contributed by atoms with Crippen molar-refractivity contribution in [3.63, 3.8) is 0 Å². The van der Waals surface area contributed by atoms with Gasteiger partial charge in [-0.1, -0.05) is 18.9 Å². The summed E-state index contributed by atoms with van der Waals surface area (Å²) in [5.41, 5.74) is 1.13. The van der Waals surface area contributed by atoms with Gasteiger partial charge in [0, 0.05) is 50.0 Å². The van der Waals surface area contributed by atoms with E-state index in [1.54, 1.807) is 17.2 Å². The van der Waals surface area contributed by atoms with Crippen LogP contribution in [-0.4, -0.2) is 52.4 Å². The number of hydrogen-bond donors (Lipinski definition) is 3. The van der Waals surface area contributed by atoms with Crippen molar-refractivity contribution in [2.24, 2.45) is 12.0 Å². The Bertz CT molecular complexity index is 1020. The quantitative estimate of drug-likeness (QED) is 0.400. The normalized spacial score (nSPS) is 22.2. The zero-order chi connectivity index (χ0) is 22.5. The van der Waals surface area contributed by atoms with Crippen molar-refractivity contribution in [3.8, 4) is 11.6 Å². The SMILES string of the molecule is Cn1ccc(NC2=C3CC(Oc4ccc(OCCNC5CCCC5)cn4)C=CC3N=CN2)n1. The molecule has 3 heterocycles. The van der Waals surface area contributed by atoms with Gasteiger partial charge in [0.2, 0.25) is 5.88 Å². The number of hydrogen-bond acceptors (Lipinski definition) is 8. The van der Waals surface area contributed by atoms with E-state index in [-0.39, 0.29) is 12.1 Å². The number of aryl methyl sites for hydroxylation is 1.